The molecule has 0 saturated heterocycles. The maximum absolute atomic E-state index is 11.9. The van der Waals surface area contributed by atoms with Crippen molar-refractivity contribution in [1.82, 2.24) is 0 Å². The number of carbonyl (C=O) groups is 1. The average Bonchev–Trinajstić information content (AvgIpc) is 2.44. The number of aryl methyl sites for hydroxylation is 2. The number of anilines is 1. The minimum absolute atomic E-state index is 0.0119. The van der Waals surface area contributed by atoms with Crippen molar-refractivity contribution in [2.45, 2.75) is 33.2 Å². The Balaban J connectivity index is 1.92. The zero-order valence-electron chi connectivity index (χ0n) is 12.1. The summed E-state index contributed by atoms with van der Waals surface area (Å²) in [6.07, 6.45) is 6.13. The minimum Gasteiger partial charge on any atom is -0.321 e. The van der Waals surface area contributed by atoms with Crippen LogP contribution < -0.4 is 9.88 Å². The van der Waals surface area contributed by atoms with E-state index in [4.69, 9.17) is 0 Å². The lowest BCUT2D eigenvalue weighted by Gasteiger charge is -2.03. The van der Waals surface area contributed by atoms with Crippen LogP contribution in [0.2, 0.25) is 0 Å². The van der Waals surface area contributed by atoms with Gasteiger partial charge in [-0.1, -0.05) is 31.0 Å². The van der Waals surface area contributed by atoms with Gasteiger partial charge in [0, 0.05) is 17.8 Å². The standard InChI is InChI=1S/C17H20N2O/c1-3-4-15-9-11-19(12-10-15)13-17(20)18-16-7-5-14(2)6-8-16/h5-12H,3-4,13H2,1-2H3/p+1. The first-order valence-corrected chi connectivity index (χ1v) is 7.02. The predicted molar refractivity (Wildman–Crippen MR) is 80.4 cm³/mol. The van der Waals surface area contributed by atoms with Crippen molar-refractivity contribution in [2.75, 3.05) is 5.32 Å². The molecule has 104 valence electrons. The number of aromatic nitrogens is 1. The Bertz CT molecular complexity index is 559. The molecule has 3 heteroatoms. The number of carbonyl (C=O) groups excluding carboxylic acids is 1. The highest BCUT2D eigenvalue weighted by Gasteiger charge is 2.09. The smallest absolute Gasteiger partial charge is 0.290 e. The molecule has 2 rings (SSSR count). The Morgan fingerprint density at radius 1 is 1.10 bits per heavy atom. The fraction of sp³-hybridized carbons (Fsp3) is 0.294. The topological polar surface area (TPSA) is 33.0 Å². The SMILES string of the molecule is CCCc1cc[n+](CC(=O)Nc2ccc(C)cc2)cc1. The van der Waals surface area contributed by atoms with Crippen LogP contribution in [0.25, 0.3) is 0 Å². The van der Waals surface area contributed by atoms with Crippen LogP contribution in [0, 0.1) is 6.92 Å². The molecule has 0 unspecified atom stereocenters. The molecule has 0 atom stereocenters. The predicted octanol–water partition coefficient (Wildman–Crippen LogP) is 2.87. The zero-order chi connectivity index (χ0) is 14.4. The van der Waals surface area contributed by atoms with Crippen molar-refractivity contribution >= 4 is 11.6 Å². The number of nitrogens with one attached hydrogen (secondary N) is 1. The lowest BCUT2D eigenvalue weighted by Crippen LogP contribution is -2.39. The number of benzene rings is 1. The molecule has 0 aliphatic heterocycles. The van der Waals surface area contributed by atoms with Gasteiger partial charge in [0.2, 0.25) is 6.54 Å². The van der Waals surface area contributed by atoms with Gasteiger partial charge < -0.3 is 5.32 Å². The third-order valence-corrected chi connectivity index (χ3v) is 3.16. The first-order chi connectivity index (χ1) is 9.67. The molecule has 20 heavy (non-hydrogen) atoms. The van der Waals surface area contributed by atoms with Crippen LogP contribution in [0.5, 0.6) is 0 Å². The summed E-state index contributed by atoms with van der Waals surface area (Å²) in [6.45, 7) is 4.52. The van der Waals surface area contributed by atoms with Gasteiger partial charge >= 0.3 is 0 Å². The van der Waals surface area contributed by atoms with Crippen LogP contribution in [0.15, 0.2) is 48.8 Å². The highest BCUT2D eigenvalue weighted by Crippen LogP contribution is 2.08. The molecule has 0 aliphatic rings. The molecule has 0 aliphatic carbocycles. The third-order valence-electron chi connectivity index (χ3n) is 3.16. The minimum atomic E-state index is -0.0119. The van der Waals surface area contributed by atoms with Gasteiger partial charge in [-0.15, -0.1) is 0 Å². The average molecular weight is 269 g/mol. The van der Waals surface area contributed by atoms with Crippen LogP contribution in [0.3, 0.4) is 0 Å². The summed E-state index contributed by atoms with van der Waals surface area (Å²) < 4.78 is 1.89. The molecule has 1 aromatic carbocycles. The number of pyridine rings is 1. The van der Waals surface area contributed by atoms with Gasteiger partial charge in [-0.05, 0) is 31.0 Å². The number of nitrogens with zero attached hydrogens (tertiary/aromatic N) is 1. The summed E-state index contributed by atoms with van der Waals surface area (Å²) in [5.74, 6) is -0.0119. The molecule has 1 aromatic heterocycles. The highest BCUT2D eigenvalue weighted by atomic mass is 16.1. The zero-order valence-corrected chi connectivity index (χ0v) is 12.1. The maximum Gasteiger partial charge on any atom is 0.290 e. The van der Waals surface area contributed by atoms with E-state index in [9.17, 15) is 4.79 Å². The van der Waals surface area contributed by atoms with Crippen molar-refractivity contribution in [1.29, 1.82) is 0 Å². The van der Waals surface area contributed by atoms with Crippen molar-refractivity contribution in [3.63, 3.8) is 0 Å². The molecule has 1 amide bonds. The first-order valence-electron chi connectivity index (χ1n) is 7.02. The van der Waals surface area contributed by atoms with Crippen LogP contribution in [0.1, 0.15) is 24.5 Å². The van der Waals surface area contributed by atoms with Gasteiger partial charge in [0.05, 0.1) is 0 Å². The Hall–Kier alpha value is -2.16. The number of rotatable bonds is 5. The van der Waals surface area contributed by atoms with E-state index in [1.165, 1.54) is 11.1 Å². The van der Waals surface area contributed by atoms with Crippen molar-refractivity contribution in [3.05, 3.63) is 59.9 Å². The van der Waals surface area contributed by atoms with Crippen molar-refractivity contribution in [2.24, 2.45) is 0 Å². The molecule has 2 aromatic rings. The lowest BCUT2D eigenvalue weighted by molar-refractivity contribution is -0.684. The Labute approximate surface area is 120 Å². The van der Waals surface area contributed by atoms with E-state index >= 15 is 0 Å². The van der Waals surface area contributed by atoms with E-state index in [2.05, 4.69) is 24.4 Å². The van der Waals surface area contributed by atoms with Gasteiger partial charge in [-0.2, -0.15) is 4.57 Å². The molecule has 1 heterocycles. The molecule has 3 nitrogen and oxygen atoms in total. The fourth-order valence-corrected chi connectivity index (χ4v) is 2.05. The Morgan fingerprint density at radius 3 is 2.35 bits per heavy atom. The van der Waals surface area contributed by atoms with Gasteiger partial charge in [0.25, 0.3) is 5.91 Å². The molecular formula is C17H21N2O+. The van der Waals surface area contributed by atoms with E-state index in [1.807, 2.05) is 48.1 Å². The quantitative estimate of drug-likeness (QED) is 0.832. The molecule has 0 fully saturated rings. The Morgan fingerprint density at radius 2 is 1.75 bits per heavy atom. The maximum atomic E-state index is 11.9. The Kier molecular flexibility index (Phi) is 4.88. The van der Waals surface area contributed by atoms with Gasteiger partial charge in [0.15, 0.2) is 12.4 Å². The van der Waals surface area contributed by atoms with Crippen LogP contribution >= 0.6 is 0 Å². The van der Waals surface area contributed by atoms with Crippen LogP contribution in [0.4, 0.5) is 5.69 Å². The lowest BCUT2D eigenvalue weighted by atomic mass is 10.1. The summed E-state index contributed by atoms with van der Waals surface area (Å²) in [6, 6.07) is 12.0. The molecule has 1 N–H and O–H groups in total. The van der Waals surface area contributed by atoms with E-state index in [0.717, 1.165) is 18.5 Å². The highest BCUT2D eigenvalue weighted by molar-refractivity contribution is 5.89. The summed E-state index contributed by atoms with van der Waals surface area (Å²) in [4.78, 5) is 11.9. The number of hydrogen-bond acceptors (Lipinski definition) is 1. The van der Waals surface area contributed by atoms with Gasteiger partial charge in [-0.3, -0.25) is 4.79 Å². The molecule has 0 bridgehead atoms. The summed E-state index contributed by atoms with van der Waals surface area (Å²) in [5, 5.41) is 2.90. The number of hydrogen-bond donors (Lipinski definition) is 1. The van der Waals surface area contributed by atoms with E-state index in [-0.39, 0.29) is 5.91 Å². The van der Waals surface area contributed by atoms with Crippen LogP contribution in [-0.4, -0.2) is 5.91 Å². The molecular weight excluding hydrogens is 248 g/mol. The van der Waals surface area contributed by atoms with Gasteiger partial charge in [0.1, 0.15) is 0 Å². The second kappa shape index (κ2) is 6.85. The largest absolute Gasteiger partial charge is 0.321 e. The third kappa shape index (κ3) is 4.19. The monoisotopic (exact) mass is 269 g/mol. The summed E-state index contributed by atoms with van der Waals surface area (Å²) in [7, 11) is 0. The van der Waals surface area contributed by atoms with E-state index in [0.29, 0.717) is 6.54 Å². The van der Waals surface area contributed by atoms with E-state index < -0.39 is 0 Å². The second-order valence-electron chi connectivity index (χ2n) is 5.04. The molecule has 0 saturated carbocycles. The van der Waals surface area contributed by atoms with E-state index in [1.54, 1.807) is 0 Å². The van der Waals surface area contributed by atoms with Crippen molar-refractivity contribution < 1.29 is 9.36 Å². The first kappa shape index (κ1) is 14.3. The van der Waals surface area contributed by atoms with Crippen molar-refractivity contribution in [3.8, 4) is 0 Å². The summed E-state index contributed by atoms with van der Waals surface area (Å²) in [5.41, 5.74) is 3.33. The van der Waals surface area contributed by atoms with Gasteiger partial charge in [-0.25, -0.2) is 0 Å². The summed E-state index contributed by atoms with van der Waals surface area (Å²) >= 11 is 0. The molecule has 0 spiro atoms. The normalized spacial score (nSPS) is 10.3. The molecule has 0 radical (unpaired) electrons. The van der Waals surface area contributed by atoms with Crippen LogP contribution in [-0.2, 0) is 17.8 Å². The second-order valence-corrected chi connectivity index (χ2v) is 5.04. The fourth-order valence-electron chi connectivity index (χ4n) is 2.05. The number of amides is 1.